The van der Waals surface area contributed by atoms with Crippen molar-refractivity contribution >= 4 is 0 Å². The molecule has 60 valence electrons. The standard InChI is InChI=1S/C8H17NO/c9-5-1-3-8-4-2-6-10-7-8/h8H,1-7,9H2. The predicted octanol–water partition coefficient (Wildman–Crippen LogP) is 1.15. The van der Waals surface area contributed by atoms with E-state index >= 15 is 0 Å². The summed E-state index contributed by atoms with van der Waals surface area (Å²) in [6.45, 7) is 2.77. The molecule has 1 saturated heterocycles. The highest BCUT2D eigenvalue weighted by atomic mass is 16.5. The molecule has 1 heterocycles. The normalized spacial score (nSPS) is 26.7. The SMILES string of the molecule is NCCCC1CCCOC1. The van der Waals surface area contributed by atoms with Gasteiger partial charge in [0.05, 0.1) is 0 Å². The Morgan fingerprint density at radius 2 is 2.40 bits per heavy atom. The van der Waals surface area contributed by atoms with Crippen LogP contribution in [0.4, 0.5) is 0 Å². The van der Waals surface area contributed by atoms with Crippen molar-refractivity contribution < 1.29 is 4.74 Å². The molecule has 2 heteroatoms. The molecule has 1 aliphatic rings. The first kappa shape index (κ1) is 8.02. The average Bonchev–Trinajstić information content (AvgIpc) is 2.03. The van der Waals surface area contributed by atoms with Gasteiger partial charge in [0.15, 0.2) is 0 Å². The lowest BCUT2D eigenvalue weighted by Crippen LogP contribution is -2.18. The third-order valence-electron chi connectivity index (χ3n) is 2.07. The van der Waals surface area contributed by atoms with Gasteiger partial charge in [-0.3, -0.25) is 0 Å². The van der Waals surface area contributed by atoms with E-state index in [-0.39, 0.29) is 0 Å². The van der Waals surface area contributed by atoms with Crippen LogP contribution in [-0.4, -0.2) is 19.8 Å². The van der Waals surface area contributed by atoms with Gasteiger partial charge in [0, 0.05) is 13.2 Å². The Hall–Kier alpha value is -0.0800. The second kappa shape index (κ2) is 4.69. The molecule has 1 aliphatic heterocycles. The van der Waals surface area contributed by atoms with Crippen LogP contribution in [0.2, 0.25) is 0 Å². The van der Waals surface area contributed by atoms with Gasteiger partial charge in [-0.25, -0.2) is 0 Å². The molecule has 0 radical (unpaired) electrons. The first-order valence-electron chi connectivity index (χ1n) is 4.21. The second-order valence-corrected chi connectivity index (χ2v) is 3.01. The quantitative estimate of drug-likeness (QED) is 0.643. The summed E-state index contributed by atoms with van der Waals surface area (Å²) < 4.78 is 5.34. The summed E-state index contributed by atoms with van der Waals surface area (Å²) in [5.74, 6) is 0.803. The molecule has 0 aromatic heterocycles. The Morgan fingerprint density at radius 1 is 1.50 bits per heavy atom. The van der Waals surface area contributed by atoms with Crippen LogP contribution in [0.5, 0.6) is 0 Å². The maximum Gasteiger partial charge on any atom is 0.0494 e. The molecule has 0 aromatic carbocycles. The Morgan fingerprint density at radius 3 is 3.00 bits per heavy atom. The molecule has 2 nitrogen and oxygen atoms in total. The second-order valence-electron chi connectivity index (χ2n) is 3.01. The Bertz CT molecular complexity index is 79.3. The van der Waals surface area contributed by atoms with E-state index in [1.165, 1.54) is 19.3 Å². The van der Waals surface area contributed by atoms with Crippen molar-refractivity contribution in [1.29, 1.82) is 0 Å². The lowest BCUT2D eigenvalue weighted by atomic mass is 9.97. The van der Waals surface area contributed by atoms with Crippen LogP contribution in [0.15, 0.2) is 0 Å². The molecule has 1 rings (SSSR count). The smallest absolute Gasteiger partial charge is 0.0494 e. The monoisotopic (exact) mass is 143 g/mol. The minimum atomic E-state index is 0.803. The van der Waals surface area contributed by atoms with E-state index in [4.69, 9.17) is 10.5 Å². The third-order valence-corrected chi connectivity index (χ3v) is 2.07. The van der Waals surface area contributed by atoms with E-state index < -0.39 is 0 Å². The van der Waals surface area contributed by atoms with Gasteiger partial charge >= 0.3 is 0 Å². The van der Waals surface area contributed by atoms with Gasteiger partial charge in [0.25, 0.3) is 0 Å². The zero-order valence-corrected chi connectivity index (χ0v) is 6.51. The van der Waals surface area contributed by atoms with E-state index in [2.05, 4.69) is 0 Å². The fraction of sp³-hybridized carbons (Fsp3) is 1.00. The van der Waals surface area contributed by atoms with Crippen LogP contribution < -0.4 is 5.73 Å². The molecule has 0 amide bonds. The van der Waals surface area contributed by atoms with Crippen molar-refractivity contribution in [3.63, 3.8) is 0 Å². The van der Waals surface area contributed by atoms with E-state index in [0.717, 1.165) is 32.1 Å². The van der Waals surface area contributed by atoms with Crippen LogP contribution in [0, 0.1) is 5.92 Å². The van der Waals surface area contributed by atoms with Crippen LogP contribution in [-0.2, 0) is 4.74 Å². The first-order chi connectivity index (χ1) is 4.93. The van der Waals surface area contributed by atoms with Crippen LogP contribution in [0.25, 0.3) is 0 Å². The largest absolute Gasteiger partial charge is 0.381 e. The Labute approximate surface area is 62.7 Å². The van der Waals surface area contributed by atoms with Crippen LogP contribution >= 0.6 is 0 Å². The van der Waals surface area contributed by atoms with Crippen molar-refractivity contribution in [2.45, 2.75) is 25.7 Å². The predicted molar refractivity (Wildman–Crippen MR) is 41.8 cm³/mol. The number of hydrogen-bond donors (Lipinski definition) is 1. The van der Waals surface area contributed by atoms with E-state index in [1.807, 2.05) is 0 Å². The molecule has 1 atom stereocenters. The van der Waals surface area contributed by atoms with Crippen molar-refractivity contribution in [2.75, 3.05) is 19.8 Å². The minimum absolute atomic E-state index is 0.803. The van der Waals surface area contributed by atoms with Gasteiger partial charge in [0.2, 0.25) is 0 Å². The van der Waals surface area contributed by atoms with Gasteiger partial charge < -0.3 is 10.5 Å². The molecular weight excluding hydrogens is 126 g/mol. The topological polar surface area (TPSA) is 35.2 Å². The summed E-state index contributed by atoms with van der Waals surface area (Å²) in [6, 6.07) is 0. The molecule has 1 fully saturated rings. The third kappa shape index (κ3) is 2.67. The Balaban J connectivity index is 2.02. The molecule has 0 bridgehead atoms. The average molecular weight is 143 g/mol. The van der Waals surface area contributed by atoms with Gasteiger partial charge in [0.1, 0.15) is 0 Å². The van der Waals surface area contributed by atoms with Crippen molar-refractivity contribution in [3.05, 3.63) is 0 Å². The van der Waals surface area contributed by atoms with E-state index in [0.29, 0.717) is 0 Å². The summed E-state index contributed by atoms with van der Waals surface area (Å²) in [5.41, 5.74) is 5.40. The summed E-state index contributed by atoms with van der Waals surface area (Å²) >= 11 is 0. The number of nitrogens with two attached hydrogens (primary N) is 1. The summed E-state index contributed by atoms with van der Waals surface area (Å²) in [7, 11) is 0. The number of hydrogen-bond acceptors (Lipinski definition) is 2. The van der Waals surface area contributed by atoms with Gasteiger partial charge in [-0.2, -0.15) is 0 Å². The summed E-state index contributed by atoms with van der Waals surface area (Å²) in [5, 5.41) is 0. The molecule has 10 heavy (non-hydrogen) atoms. The van der Waals surface area contributed by atoms with Gasteiger partial charge in [-0.1, -0.05) is 0 Å². The molecule has 2 N–H and O–H groups in total. The van der Waals surface area contributed by atoms with Gasteiger partial charge in [-0.05, 0) is 38.1 Å². The minimum Gasteiger partial charge on any atom is -0.381 e. The molecule has 0 saturated carbocycles. The molecule has 0 spiro atoms. The van der Waals surface area contributed by atoms with Crippen LogP contribution in [0.1, 0.15) is 25.7 Å². The number of rotatable bonds is 3. The summed E-state index contributed by atoms with van der Waals surface area (Å²) in [4.78, 5) is 0. The molecule has 0 aliphatic carbocycles. The van der Waals surface area contributed by atoms with Gasteiger partial charge in [-0.15, -0.1) is 0 Å². The molecule has 1 unspecified atom stereocenters. The zero-order valence-electron chi connectivity index (χ0n) is 6.51. The van der Waals surface area contributed by atoms with Crippen molar-refractivity contribution in [3.8, 4) is 0 Å². The first-order valence-corrected chi connectivity index (χ1v) is 4.21. The van der Waals surface area contributed by atoms with E-state index in [1.54, 1.807) is 0 Å². The fourth-order valence-electron chi connectivity index (χ4n) is 1.44. The highest BCUT2D eigenvalue weighted by Crippen LogP contribution is 2.17. The fourth-order valence-corrected chi connectivity index (χ4v) is 1.44. The maximum atomic E-state index is 5.40. The zero-order chi connectivity index (χ0) is 7.23. The van der Waals surface area contributed by atoms with Crippen LogP contribution in [0.3, 0.4) is 0 Å². The lowest BCUT2D eigenvalue weighted by Gasteiger charge is -2.21. The van der Waals surface area contributed by atoms with Crippen molar-refractivity contribution in [2.24, 2.45) is 11.7 Å². The maximum absolute atomic E-state index is 5.40. The molecular formula is C8H17NO. The summed E-state index contributed by atoms with van der Waals surface area (Å²) in [6.07, 6.45) is 5.01. The highest BCUT2D eigenvalue weighted by Gasteiger charge is 2.12. The lowest BCUT2D eigenvalue weighted by molar-refractivity contribution is 0.0512. The highest BCUT2D eigenvalue weighted by molar-refractivity contribution is 4.62. The molecule has 0 aromatic rings. The van der Waals surface area contributed by atoms with E-state index in [9.17, 15) is 0 Å². The Kier molecular flexibility index (Phi) is 3.76. The van der Waals surface area contributed by atoms with Crippen molar-refractivity contribution in [1.82, 2.24) is 0 Å². The number of ether oxygens (including phenoxy) is 1.